The van der Waals surface area contributed by atoms with Gasteiger partial charge in [-0.3, -0.25) is 9.59 Å². The standard InChI is InChI=1S/C26H35BrN6O3/c1-17-14-21(34)24-23(17)25(30-16-29-24)32-10-12-33(13-11-32)26(36)20(18-4-6-19(27)7-5-18)8-9-28-15-22(35)31(2)3/h4-7,16-17,20-21,28,34H,8-15H2,1-3H3/t17-,20?,21-/m1/s1. The molecule has 1 saturated heterocycles. The molecule has 0 radical (unpaired) electrons. The van der Waals surface area contributed by atoms with Crippen LogP contribution in [0.5, 0.6) is 0 Å². The Hall–Kier alpha value is -2.56. The van der Waals surface area contributed by atoms with E-state index < -0.39 is 6.10 Å². The highest BCUT2D eigenvalue weighted by molar-refractivity contribution is 9.10. The lowest BCUT2D eigenvalue weighted by Crippen LogP contribution is -2.50. The molecule has 194 valence electrons. The zero-order chi connectivity index (χ0) is 25.8. The lowest BCUT2D eigenvalue weighted by atomic mass is 9.93. The van der Waals surface area contributed by atoms with Crippen LogP contribution in [0.15, 0.2) is 35.1 Å². The van der Waals surface area contributed by atoms with Crippen LogP contribution in [0.3, 0.4) is 0 Å². The van der Waals surface area contributed by atoms with Crippen molar-refractivity contribution in [2.75, 3.05) is 58.3 Å². The summed E-state index contributed by atoms with van der Waals surface area (Å²) in [6.07, 6.45) is 2.27. The molecule has 10 heteroatoms. The minimum absolute atomic E-state index is 0.00989. The normalized spacial score (nSPS) is 20.2. The maximum atomic E-state index is 13.7. The molecule has 0 spiro atoms. The number of aliphatic hydroxyl groups excluding tert-OH is 1. The molecular weight excluding hydrogens is 524 g/mol. The molecule has 1 aromatic heterocycles. The minimum atomic E-state index is -0.534. The van der Waals surface area contributed by atoms with Crippen LogP contribution < -0.4 is 10.2 Å². The van der Waals surface area contributed by atoms with Gasteiger partial charge in [-0.1, -0.05) is 35.0 Å². The Balaban J connectivity index is 1.42. The number of anilines is 1. The van der Waals surface area contributed by atoms with Gasteiger partial charge in [-0.05, 0) is 43.0 Å². The van der Waals surface area contributed by atoms with Gasteiger partial charge in [-0.25, -0.2) is 9.97 Å². The highest BCUT2D eigenvalue weighted by atomic mass is 79.9. The average molecular weight is 560 g/mol. The second-order valence-corrected chi connectivity index (χ2v) is 10.7. The summed E-state index contributed by atoms with van der Waals surface area (Å²) in [6, 6.07) is 7.90. The van der Waals surface area contributed by atoms with E-state index in [0.717, 1.165) is 27.1 Å². The topological polar surface area (TPSA) is 102 Å². The number of carbonyl (C=O) groups excluding carboxylic acids is 2. The number of amides is 2. The van der Waals surface area contributed by atoms with Gasteiger partial charge in [0, 0.05) is 50.3 Å². The van der Waals surface area contributed by atoms with Crippen LogP contribution >= 0.6 is 15.9 Å². The number of hydrogen-bond donors (Lipinski definition) is 2. The Kier molecular flexibility index (Phi) is 8.58. The van der Waals surface area contributed by atoms with Gasteiger partial charge in [0.2, 0.25) is 11.8 Å². The van der Waals surface area contributed by atoms with E-state index in [9.17, 15) is 14.7 Å². The highest BCUT2D eigenvalue weighted by Crippen LogP contribution is 2.42. The van der Waals surface area contributed by atoms with E-state index in [1.54, 1.807) is 19.0 Å². The van der Waals surface area contributed by atoms with Crippen molar-refractivity contribution < 1.29 is 14.7 Å². The molecule has 2 aliphatic rings. The second kappa shape index (κ2) is 11.7. The molecule has 1 aromatic carbocycles. The van der Waals surface area contributed by atoms with Crippen LogP contribution in [0.4, 0.5) is 5.82 Å². The molecule has 1 fully saturated rings. The molecule has 0 saturated carbocycles. The van der Waals surface area contributed by atoms with Gasteiger partial charge in [0.15, 0.2) is 0 Å². The van der Waals surface area contributed by atoms with Crippen molar-refractivity contribution in [2.45, 2.75) is 37.7 Å². The number of fused-ring (bicyclic) bond motifs is 1. The zero-order valence-electron chi connectivity index (χ0n) is 21.2. The van der Waals surface area contributed by atoms with E-state index >= 15 is 0 Å². The smallest absolute Gasteiger partial charge is 0.236 e. The largest absolute Gasteiger partial charge is 0.387 e. The van der Waals surface area contributed by atoms with Crippen molar-refractivity contribution >= 4 is 33.6 Å². The van der Waals surface area contributed by atoms with E-state index in [1.165, 1.54) is 6.33 Å². The quantitative estimate of drug-likeness (QED) is 0.479. The Morgan fingerprint density at radius 3 is 2.53 bits per heavy atom. The molecule has 2 amide bonds. The molecule has 1 unspecified atom stereocenters. The number of aromatic nitrogens is 2. The number of rotatable bonds is 8. The van der Waals surface area contributed by atoms with Gasteiger partial charge in [0.05, 0.1) is 24.3 Å². The third-order valence-electron chi connectivity index (χ3n) is 7.13. The van der Waals surface area contributed by atoms with Gasteiger partial charge in [0.25, 0.3) is 0 Å². The molecule has 4 rings (SSSR count). The molecule has 3 atom stereocenters. The van der Waals surface area contributed by atoms with E-state index in [2.05, 4.69) is 43.0 Å². The summed E-state index contributed by atoms with van der Waals surface area (Å²) in [6.45, 7) is 5.50. The molecular formula is C26H35BrN6O3. The second-order valence-electron chi connectivity index (χ2n) is 9.82. The lowest BCUT2D eigenvalue weighted by molar-refractivity contribution is -0.133. The van der Waals surface area contributed by atoms with E-state index in [0.29, 0.717) is 45.6 Å². The Morgan fingerprint density at radius 1 is 1.17 bits per heavy atom. The van der Waals surface area contributed by atoms with Crippen LogP contribution in [0.25, 0.3) is 0 Å². The third kappa shape index (κ3) is 5.87. The summed E-state index contributed by atoms with van der Waals surface area (Å²) in [5.41, 5.74) is 2.75. The van der Waals surface area contributed by atoms with Crippen LogP contribution in [-0.4, -0.2) is 90.1 Å². The van der Waals surface area contributed by atoms with E-state index in [4.69, 9.17) is 0 Å². The fourth-order valence-corrected chi connectivity index (χ4v) is 5.31. The van der Waals surface area contributed by atoms with Crippen molar-refractivity contribution in [3.8, 4) is 0 Å². The molecule has 2 aromatic rings. The number of piperazine rings is 1. The Morgan fingerprint density at radius 2 is 1.86 bits per heavy atom. The molecule has 1 aliphatic carbocycles. The van der Waals surface area contributed by atoms with Crippen LogP contribution in [-0.2, 0) is 9.59 Å². The minimum Gasteiger partial charge on any atom is -0.387 e. The molecule has 36 heavy (non-hydrogen) atoms. The van der Waals surface area contributed by atoms with Crippen LogP contribution in [0, 0.1) is 0 Å². The summed E-state index contributed by atoms with van der Waals surface area (Å²) in [4.78, 5) is 40.1. The third-order valence-corrected chi connectivity index (χ3v) is 7.65. The molecule has 2 heterocycles. The van der Waals surface area contributed by atoms with Gasteiger partial charge >= 0.3 is 0 Å². The predicted molar refractivity (Wildman–Crippen MR) is 142 cm³/mol. The Bertz CT molecular complexity index is 1070. The summed E-state index contributed by atoms with van der Waals surface area (Å²) in [5.74, 6) is 0.921. The molecule has 9 nitrogen and oxygen atoms in total. The van der Waals surface area contributed by atoms with Crippen molar-refractivity contribution in [2.24, 2.45) is 0 Å². The van der Waals surface area contributed by atoms with Crippen molar-refractivity contribution in [3.05, 3.63) is 51.9 Å². The lowest BCUT2D eigenvalue weighted by Gasteiger charge is -2.38. The summed E-state index contributed by atoms with van der Waals surface area (Å²) in [5, 5.41) is 13.5. The molecule has 2 N–H and O–H groups in total. The first-order chi connectivity index (χ1) is 17.3. The van der Waals surface area contributed by atoms with Gasteiger partial charge in [0.1, 0.15) is 12.1 Å². The van der Waals surface area contributed by atoms with Crippen molar-refractivity contribution in [3.63, 3.8) is 0 Å². The monoisotopic (exact) mass is 558 g/mol. The van der Waals surface area contributed by atoms with Crippen LogP contribution in [0.1, 0.15) is 54.5 Å². The highest BCUT2D eigenvalue weighted by Gasteiger charge is 2.35. The van der Waals surface area contributed by atoms with E-state index in [-0.39, 0.29) is 30.2 Å². The van der Waals surface area contributed by atoms with Crippen molar-refractivity contribution in [1.82, 2.24) is 25.1 Å². The van der Waals surface area contributed by atoms with Crippen molar-refractivity contribution in [1.29, 1.82) is 0 Å². The van der Waals surface area contributed by atoms with Gasteiger partial charge in [-0.2, -0.15) is 0 Å². The number of benzene rings is 1. The first kappa shape index (κ1) is 26.5. The number of nitrogens with one attached hydrogen (secondary N) is 1. The maximum Gasteiger partial charge on any atom is 0.236 e. The summed E-state index contributed by atoms with van der Waals surface area (Å²) < 4.78 is 0.970. The number of carbonyl (C=O) groups is 2. The average Bonchev–Trinajstić information content (AvgIpc) is 3.17. The summed E-state index contributed by atoms with van der Waals surface area (Å²) >= 11 is 3.48. The summed E-state index contributed by atoms with van der Waals surface area (Å²) in [7, 11) is 3.46. The number of nitrogens with zero attached hydrogens (tertiary/aromatic N) is 5. The zero-order valence-corrected chi connectivity index (χ0v) is 22.7. The fraction of sp³-hybridized carbons (Fsp3) is 0.538. The Labute approximate surface area is 221 Å². The number of aliphatic hydroxyl groups is 1. The van der Waals surface area contributed by atoms with Gasteiger partial charge in [-0.15, -0.1) is 0 Å². The number of likely N-dealkylation sites (N-methyl/N-ethyl adjacent to an activating group) is 1. The number of hydrogen-bond acceptors (Lipinski definition) is 7. The first-order valence-corrected chi connectivity index (χ1v) is 13.3. The fourth-order valence-electron chi connectivity index (χ4n) is 5.04. The SMILES string of the molecule is C[C@@H]1C[C@@H](O)c2ncnc(N3CCN(C(=O)C(CCNCC(=O)N(C)C)c4ccc(Br)cc4)CC3)c21. The maximum absolute atomic E-state index is 13.7. The van der Waals surface area contributed by atoms with Crippen LogP contribution in [0.2, 0.25) is 0 Å². The van der Waals surface area contributed by atoms with Gasteiger partial charge < -0.3 is 25.1 Å². The predicted octanol–water partition coefficient (Wildman–Crippen LogP) is 2.28. The molecule has 0 bridgehead atoms. The van der Waals surface area contributed by atoms with E-state index in [1.807, 2.05) is 29.2 Å². The number of halogens is 1. The first-order valence-electron chi connectivity index (χ1n) is 12.5. The molecule has 1 aliphatic heterocycles.